The largest absolute Gasteiger partial charge is 0.493 e. The Hall–Kier alpha value is -1.39. The maximum absolute atomic E-state index is 12.8. The van der Waals surface area contributed by atoms with E-state index in [-0.39, 0.29) is 5.92 Å². The number of benzene rings is 1. The lowest BCUT2D eigenvalue weighted by atomic mass is 9.81. The molecule has 0 saturated carbocycles. The SMILES string of the molecule is CN1C2COCC1CC(C(=O)c1ccc3c(c1)CCO3)C2. The summed E-state index contributed by atoms with van der Waals surface area (Å²) < 4.78 is 11.2. The van der Waals surface area contributed by atoms with Crippen molar-refractivity contribution in [2.24, 2.45) is 5.92 Å². The van der Waals surface area contributed by atoms with Gasteiger partial charge in [-0.15, -0.1) is 0 Å². The normalized spacial score (nSPS) is 31.6. The third-order valence-electron chi connectivity index (χ3n) is 5.23. The number of rotatable bonds is 2. The number of likely N-dealkylation sites (N-methyl/N-ethyl adjacent to an activating group) is 1. The summed E-state index contributed by atoms with van der Waals surface area (Å²) in [5.41, 5.74) is 2.03. The van der Waals surface area contributed by atoms with Crippen molar-refractivity contribution in [3.8, 4) is 5.75 Å². The van der Waals surface area contributed by atoms with Crippen LogP contribution >= 0.6 is 0 Å². The summed E-state index contributed by atoms with van der Waals surface area (Å²) in [6.07, 6.45) is 2.75. The number of hydrogen-bond donors (Lipinski definition) is 0. The standard InChI is InChI=1S/C17H21NO3/c1-18-14-7-13(8-15(18)10-20-9-14)17(19)12-2-3-16-11(6-12)4-5-21-16/h2-3,6,13-15H,4-5,7-10H2,1H3. The molecule has 0 aromatic heterocycles. The Bertz CT molecular complexity index is 557. The van der Waals surface area contributed by atoms with Gasteiger partial charge >= 0.3 is 0 Å². The summed E-state index contributed by atoms with van der Waals surface area (Å²) in [4.78, 5) is 15.2. The molecule has 112 valence electrons. The van der Waals surface area contributed by atoms with Crippen LogP contribution in [0.4, 0.5) is 0 Å². The Kier molecular flexibility index (Phi) is 3.23. The lowest BCUT2D eigenvalue weighted by Crippen LogP contribution is -2.55. The predicted octanol–water partition coefficient (Wildman–Crippen LogP) is 1.91. The van der Waals surface area contributed by atoms with Gasteiger partial charge < -0.3 is 9.47 Å². The van der Waals surface area contributed by atoms with Crippen molar-refractivity contribution in [1.29, 1.82) is 0 Å². The van der Waals surface area contributed by atoms with Crippen LogP contribution in [-0.4, -0.2) is 49.6 Å². The van der Waals surface area contributed by atoms with Gasteiger partial charge in [0, 0.05) is 30.0 Å². The molecule has 1 aromatic rings. The zero-order valence-corrected chi connectivity index (χ0v) is 12.4. The number of carbonyl (C=O) groups is 1. The summed E-state index contributed by atoms with van der Waals surface area (Å²) in [7, 11) is 2.16. The minimum absolute atomic E-state index is 0.139. The molecule has 3 aliphatic rings. The van der Waals surface area contributed by atoms with E-state index < -0.39 is 0 Å². The Morgan fingerprint density at radius 2 is 2.00 bits per heavy atom. The number of morpholine rings is 1. The predicted molar refractivity (Wildman–Crippen MR) is 78.9 cm³/mol. The maximum Gasteiger partial charge on any atom is 0.166 e. The first-order valence-corrected chi connectivity index (χ1v) is 7.82. The van der Waals surface area contributed by atoms with E-state index in [0.717, 1.165) is 50.4 Å². The van der Waals surface area contributed by atoms with Crippen LogP contribution in [0.2, 0.25) is 0 Å². The maximum atomic E-state index is 12.8. The molecule has 3 heterocycles. The average molecular weight is 287 g/mol. The third-order valence-corrected chi connectivity index (χ3v) is 5.23. The fourth-order valence-corrected chi connectivity index (χ4v) is 3.88. The number of hydrogen-bond acceptors (Lipinski definition) is 4. The first-order valence-electron chi connectivity index (χ1n) is 7.82. The summed E-state index contributed by atoms with van der Waals surface area (Å²) in [6.45, 7) is 2.26. The molecule has 2 saturated heterocycles. The summed E-state index contributed by atoms with van der Waals surface area (Å²) >= 11 is 0. The first-order chi connectivity index (χ1) is 10.2. The Morgan fingerprint density at radius 1 is 1.24 bits per heavy atom. The van der Waals surface area contributed by atoms with E-state index in [4.69, 9.17) is 9.47 Å². The molecule has 0 N–H and O–H groups in total. The van der Waals surface area contributed by atoms with E-state index >= 15 is 0 Å². The van der Waals surface area contributed by atoms with Crippen molar-refractivity contribution >= 4 is 5.78 Å². The van der Waals surface area contributed by atoms with Crippen LogP contribution < -0.4 is 4.74 Å². The highest BCUT2D eigenvalue weighted by atomic mass is 16.5. The van der Waals surface area contributed by atoms with E-state index in [0.29, 0.717) is 17.9 Å². The highest BCUT2D eigenvalue weighted by Gasteiger charge is 2.39. The van der Waals surface area contributed by atoms with Gasteiger partial charge in [-0.2, -0.15) is 0 Å². The number of ketones is 1. The monoisotopic (exact) mass is 287 g/mol. The van der Waals surface area contributed by atoms with E-state index in [1.807, 2.05) is 18.2 Å². The highest BCUT2D eigenvalue weighted by molar-refractivity contribution is 5.98. The van der Waals surface area contributed by atoms with Crippen LogP contribution in [0.1, 0.15) is 28.8 Å². The molecule has 2 bridgehead atoms. The second-order valence-corrected chi connectivity index (χ2v) is 6.46. The van der Waals surface area contributed by atoms with Gasteiger partial charge in [-0.25, -0.2) is 0 Å². The summed E-state index contributed by atoms with van der Waals surface area (Å²) in [6, 6.07) is 6.70. The number of ether oxygens (including phenoxy) is 2. The van der Waals surface area contributed by atoms with Gasteiger partial charge in [0.15, 0.2) is 5.78 Å². The van der Waals surface area contributed by atoms with Crippen molar-refractivity contribution in [3.63, 3.8) is 0 Å². The molecule has 4 heteroatoms. The van der Waals surface area contributed by atoms with Crippen molar-refractivity contribution in [3.05, 3.63) is 29.3 Å². The molecule has 2 fully saturated rings. The quantitative estimate of drug-likeness (QED) is 0.779. The number of fused-ring (bicyclic) bond motifs is 3. The zero-order valence-electron chi connectivity index (χ0n) is 12.4. The van der Waals surface area contributed by atoms with Crippen LogP contribution in [0.25, 0.3) is 0 Å². The van der Waals surface area contributed by atoms with Gasteiger partial charge in [-0.1, -0.05) is 0 Å². The molecule has 1 aromatic carbocycles. The van der Waals surface area contributed by atoms with Gasteiger partial charge in [0.05, 0.1) is 19.8 Å². The summed E-state index contributed by atoms with van der Waals surface area (Å²) in [5.74, 6) is 1.38. The van der Waals surface area contributed by atoms with Crippen LogP contribution in [0.15, 0.2) is 18.2 Å². The van der Waals surface area contributed by atoms with Crippen LogP contribution in [0, 0.1) is 5.92 Å². The molecule has 2 atom stereocenters. The zero-order chi connectivity index (χ0) is 14.4. The molecule has 21 heavy (non-hydrogen) atoms. The van der Waals surface area contributed by atoms with Gasteiger partial charge in [-0.3, -0.25) is 9.69 Å². The van der Waals surface area contributed by atoms with E-state index in [1.165, 1.54) is 5.56 Å². The molecular weight excluding hydrogens is 266 g/mol. The van der Waals surface area contributed by atoms with Gasteiger partial charge in [0.25, 0.3) is 0 Å². The van der Waals surface area contributed by atoms with Crippen LogP contribution in [0.3, 0.4) is 0 Å². The minimum atomic E-state index is 0.139. The van der Waals surface area contributed by atoms with Crippen molar-refractivity contribution in [1.82, 2.24) is 4.90 Å². The number of carbonyl (C=O) groups excluding carboxylic acids is 1. The molecule has 3 aliphatic heterocycles. The van der Waals surface area contributed by atoms with Gasteiger partial charge in [-0.05, 0) is 43.7 Å². The average Bonchev–Trinajstić information content (AvgIpc) is 2.93. The molecule has 0 amide bonds. The fourth-order valence-electron chi connectivity index (χ4n) is 3.88. The summed E-state index contributed by atoms with van der Waals surface area (Å²) in [5, 5.41) is 0. The molecule has 0 spiro atoms. The number of Topliss-reactive ketones (excluding diaryl/α,β-unsaturated/α-hetero) is 1. The number of nitrogens with zero attached hydrogens (tertiary/aromatic N) is 1. The second kappa shape index (κ2) is 5.11. The molecular formula is C17H21NO3. The smallest absolute Gasteiger partial charge is 0.166 e. The molecule has 0 aliphatic carbocycles. The fraction of sp³-hybridized carbons (Fsp3) is 0.588. The minimum Gasteiger partial charge on any atom is -0.493 e. The second-order valence-electron chi connectivity index (χ2n) is 6.46. The Balaban J connectivity index is 1.55. The Morgan fingerprint density at radius 3 is 2.76 bits per heavy atom. The lowest BCUT2D eigenvalue weighted by Gasteiger charge is -2.46. The topological polar surface area (TPSA) is 38.8 Å². The van der Waals surface area contributed by atoms with E-state index in [2.05, 4.69) is 11.9 Å². The molecule has 4 rings (SSSR count). The first kappa shape index (κ1) is 13.3. The number of piperidine rings is 1. The highest BCUT2D eigenvalue weighted by Crippen LogP contribution is 2.33. The van der Waals surface area contributed by atoms with Gasteiger partial charge in [0.1, 0.15) is 5.75 Å². The van der Waals surface area contributed by atoms with Crippen LogP contribution in [0.5, 0.6) is 5.75 Å². The lowest BCUT2D eigenvalue weighted by molar-refractivity contribution is -0.0702. The van der Waals surface area contributed by atoms with Crippen LogP contribution in [-0.2, 0) is 11.2 Å². The van der Waals surface area contributed by atoms with E-state index in [9.17, 15) is 4.79 Å². The molecule has 2 unspecified atom stereocenters. The Labute approximate surface area is 125 Å². The van der Waals surface area contributed by atoms with Crippen molar-refractivity contribution in [2.45, 2.75) is 31.3 Å². The van der Waals surface area contributed by atoms with E-state index in [1.54, 1.807) is 0 Å². The van der Waals surface area contributed by atoms with Crippen molar-refractivity contribution in [2.75, 3.05) is 26.9 Å². The molecule has 0 radical (unpaired) electrons. The third kappa shape index (κ3) is 2.27. The van der Waals surface area contributed by atoms with Gasteiger partial charge in [0.2, 0.25) is 0 Å². The van der Waals surface area contributed by atoms with Crippen molar-refractivity contribution < 1.29 is 14.3 Å². The molecule has 4 nitrogen and oxygen atoms in total.